The van der Waals surface area contributed by atoms with Crippen molar-refractivity contribution >= 4 is 0 Å². The van der Waals surface area contributed by atoms with Gasteiger partial charge < -0.3 is 10.1 Å². The maximum Gasteiger partial charge on any atom is 0.127 e. The van der Waals surface area contributed by atoms with Crippen molar-refractivity contribution in [1.29, 1.82) is 0 Å². The minimum Gasteiger partial charge on any atom is -0.488 e. The zero-order valence-corrected chi connectivity index (χ0v) is 9.22. The van der Waals surface area contributed by atoms with E-state index in [1.165, 1.54) is 16.7 Å². The van der Waals surface area contributed by atoms with E-state index in [0.717, 1.165) is 5.75 Å². The van der Waals surface area contributed by atoms with E-state index in [0.29, 0.717) is 6.04 Å². The fourth-order valence-electron chi connectivity index (χ4n) is 2.22. The molecule has 2 unspecified atom stereocenters. The highest BCUT2D eigenvalue weighted by Crippen LogP contribution is 2.40. The Morgan fingerprint density at radius 2 is 1.86 bits per heavy atom. The Labute approximate surface area is 85.3 Å². The molecule has 0 aromatic heterocycles. The third-order valence-corrected chi connectivity index (χ3v) is 3.01. The van der Waals surface area contributed by atoms with E-state index >= 15 is 0 Å². The Morgan fingerprint density at radius 3 is 2.50 bits per heavy atom. The molecule has 2 nitrogen and oxygen atoms in total. The second-order valence-electron chi connectivity index (χ2n) is 4.03. The second kappa shape index (κ2) is 3.28. The van der Waals surface area contributed by atoms with Gasteiger partial charge in [-0.15, -0.1) is 0 Å². The lowest BCUT2D eigenvalue weighted by Gasteiger charge is -2.14. The Hall–Kier alpha value is -1.02. The van der Waals surface area contributed by atoms with Gasteiger partial charge in [0.15, 0.2) is 0 Å². The summed E-state index contributed by atoms with van der Waals surface area (Å²) in [6, 6.07) is 4.63. The third-order valence-electron chi connectivity index (χ3n) is 3.01. The van der Waals surface area contributed by atoms with E-state index in [9.17, 15) is 0 Å². The van der Waals surface area contributed by atoms with Gasteiger partial charge in [-0.05, 0) is 38.9 Å². The van der Waals surface area contributed by atoms with Crippen LogP contribution in [-0.4, -0.2) is 13.2 Å². The smallest absolute Gasteiger partial charge is 0.127 e. The predicted molar refractivity (Wildman–Crippen MR) is 57.8 cm³/mol. The van der Waals surface area contributed by atoms with Gasteiger partial charge in [-0.25, -0.2) is 0 Å². The molecular formula is C12H17NO. The molecule has 0 radical (unpaired) electrons. The minimum atomic E-state index is 0.231. The lowest BCUT2D eigenvalue weighted by atomic mass is 9.97. The normalized spacial score (nSPS) is 24.6. The Kier molecular flexibility index (Phi) is 2.23. The van der Waals surface area contributed by atoms with Crippen molar-refractivity contribution in [1.82, 2.24) is 5.32 Å². The average molecular weight is 191 g/mol. The number of nitrogens with one attached hydrogen (secondary N) is 1. The summed E-state index contributed by atoms with van der Waals surface area (Å²) >= 11 is 0. The molecule has 1 aliphatic heterocycles. The van der Waals surface area contributed by atoms with Gasteiger partial charge in [-0.3, -0.25) is 0 Å². The van der Waals surface area contributed by atoms with Crippen LogP contribution in [0.5, 0.6) is 5.75 Å². The van der Waals surface area contributed by atoms with Crippen LogP contribution in [0.25, 0.3) is 0 Å². The maximum atomic E-state index is 5.86. The van der Waals surface area contributed by atoms with Gasteiger partial charge in [0.25, 0.3) is 0 Å². The van der Waals surface area contributed by atoms with E-state index < -0.39 is 0 Å². The molecule has 2 atom stereocenters. The maximum absolute atomic E-state index is 5.86. The molecule has 0 saturated carbocycles. The molecule has 2 heteroatoms. The molecule has 0 spiro atoms. The molecule has 1 aromatic rings. The number of rotatable bonds is 1. The van der Waals surface area contributed by atoms with Crippen LogP contribution in [0.3, 0.4) is 0 Å². The number of likely N-dealkylation sites (N-methyl/N-ethyl adjacent to an activating group) is 1. The molecule has 76 valence electrons. The number of fused-ring (bicyclic) bond motifs is 1. The van der Waals surface area contributed by atoms with E-state index in [1.54, 1.807) is 0 Å². The van der Waals surface area contributed by atoms with Gasteiger partial charge in [0, 0.05) is 5.56 Å². The number of benzene rings is 1. The van der Waals surface area contributed by atoms with E-state index in [4.69, 9.17) is 4.74 Å². The summed E-state index contributed by atoms with van der Waals surface area (Å²) in [5.74, 6) is 1.08. The van der Waals surface area contributed by atoms with Gasteiger partial charge in [0.1, 0.15) is 11.9 Å². The minimum absolute atomic E-state index is 0.231. The molecule has 1 N–H and O–H groups in total. The second-order valence-corrected chi connectivity index (χ2v) is 4.03. The van der Waals surface area contributed by atoms with Crippen LogP contribution in [0.1, 0.15) is 29.7 Å². The number of hydrogen-bond acceptors (Lipinski definition) is 2. The molecule has 0 aliphatic carbocycles. The topological polar surface area (TPSA) is 21.3 Å². The lowest BCUT2D eigenvalue weighted by molar-refractivity contribution is 0.213. The first-order chi connectivity index (χ1) is 6.65. The SMILES string of the molecule is CNC1c2c(C)ccc(C)c2OC1C. The molecule has 14 heavy (non-hydrogen) atoms. The summed E-state index contributed by atoms with van der Waals surface area (Å²) in [6.07, 6.45) is 0.231. The van der Waals surface area contributed by atoms with Crippen LogP contribution in [0.2, 0.25) is 0 Å². The van der Waals surface area contributed by atoms with Crippen LogP contribution in [-0.2, 0) is 0 Å². The summed E-state index contributed by atoms with van der Waals surface area (Å²) in [7, 11) is 1.99. The largest absolute Gasteiger partial charge is 0.488 e. The Balaban J connectivity index is 2.57. The fraction of sp³-hybridized carbons (Fsp3) is 0.500. The molecular weight excluding hydrogens is 174 g/mol. The van der Waals surface area contributed by atoms with Crippen molar-refractivity contribution in [2.24, 2.45) is 0 Å². The van der Waals surface area contributed by atoms with Gasteiger partial charge in [-0.1, -0.05) is 12.1 Å². The lowest BCUT2D eigenvalue weighted by Crippen LogP contribution is -2.25. The summed E-state index contributed by atoms with van der Waals surface area (Å²) < 4.78 is 5.86. The van der Waals surface area contributed by atoms with Crippen molar-refractivity contribution < 1.29 is 4.74 Å². The first-order valence-electron chi connectivity index (χ1n) is 5.09. The summed E-state index contributed by atoms with van der Waals surface area (Å²) in [5.41, 5.74) is 3.88. The highest BCUT2D eigenvalue weighted by atomic mass is 16.5. The first kappa shape index (κ1) is 9.53. The number of aryl methyl sites for hydroxylation is 2. The van der Waals surface area contributed by atoms with Crippen LogP contribution >= 0.6 is 0 Å². The van der Waals surface area contributed by atoms with Crippen molar-refractivity contribution in [3.05, 3.63) is 28.8 Å². The van der Waals surface area contributed by atoms with E-state index in [1.807, 2.05) is 7.05 Å². The highest BCUT2D eigenvalue weighted by molar-refractivity contribution is 5.50. The Bertz CT molecular complexity index is 360. The average Bonchev–Trinajstić information content (AvgIpc) is 2.50. The van der Waals surface area contributed by atoms with Crippen LogP contribution in [0, 0.1) is 13.8 Å². The predicted octanol–water partition coefficient (Wildman–Crippen LogP) is 2.34. The summed E-state index contributed by atoms with van der Waals surface area (Å²) in [5, 5.41) is 3.31. The molecule has 0 bridgehead atoms. The van der Waals surface area contributed by atoms with Crippen molar-refractivity contribution in [2.45, 2.75) is 32.9 Å². The van der Waals surface area contributed by atoms with Gasteiger partial charge >= 0.3 is 0 Å². The molecule has 2 rings (SSSR count). The monoisotopic (exact) mass is 191 g/mol. The highest BCUT2D eigenvalue weighted by Gasteiger charge is 2.32. The van der Waals surface area contributed by atoms with Crippen LogP contribution in [0.4, 0.5) is 0 Å². The Morgan fingerprint density at radius 1 is 1.21 bits per heavy atom. The van der Waals surface area contributed by atoms with Gasteiger partial charge in [0.2, 0.25) is 0 Å². The number of hydrogen-bond donors (Lipinski definition) is 1. The molecule has 0 amide bonds. The molecule has 1 aliphatic rings. The number of ether oxygens (including phenoxy) is 1. The zero-order chi connectivity index (χ0) is 10.3. The van der Waals surface area contributed by atoms with Crippen LogP contribution < -0.4 is 10.1 Å². The van der Waals surface area contributed by atoms with Crippen molar-refractivity contribution in [2.75, 3.05) is 7.05 Å². The fourth-order valence-corrected chi connectivity index (χ4v) is 2.22. The zero-order valence-electron chi connectivity index (χ0n) is 9.22. The quantitative estimate of drug-likeness (QED) is 0.735. The molecule has 0 saturated heterocycles. The van der Waals surface area contributed by atoms with Gasteiger partial charge in [0.05, 0.1) is 6.04 Å². The van der Waals surface area contributed by atoms with Crippen LogP contribution in [0.15, 0.2) is 12.1 Å². The molecule has 1 aromatic carbocycles. The van der Waals surface area contributed by atoms with E-state index in [2.05, 4.69) is 38.2 Å². The first-order valence-corrected chi connectivity index (χ1v) is 5.09. The third kappa shape index (κ3) is 1.22. The summed E-state index contributed by atoms with van der Waals surface area (Å²) in [6.45, 7) is 6.35. The standard InChI is InChI=1S/C12H17NO/c1-7-5-6-8(2)12-10(7)11(13-4)9(3)14-12/h5-6,9,11,13H,1-4H3. The molecule has 0 fully saturated rings. The van der Waals surface area contributed by atoms with Crippen molar-refractivity contribution in [3.63, 3.8) is 0 Å². The van der Waals surface area contributed by atoms with Gasteiger partial charge in [-0.2, -0.15) is 0 Å². The van der Waals surface area contributed by atoms with Crippen molar-refractivity contribution in [3.8, 4) is 5.75 Å². The molecule has 1 heterocycles. The van der Waals surface area contributed by atoms with E-state index in [-0.39, 0.29) is 6.10 Å². The summed E-state index contributed by atoms with van der Waals surface area (Å²) in [4.78, 5) is 0.